The van der Waals surface area contributed by atoms with Crippen LogP contribution in [0.3, 0.4) is 0 Å². The standard InChI is InChI=1S/C13H14ClFN2O3/c14-9-2-1-8(5-9)7-16-13(18)11-4-3-10(17(19)20)6-12(11)15/h3-4,6,8-9H,1-2,5,7H2,(H,16,18). The molecule has 1 aromatic carbocycles. The van der Waals surface area contributed by atoms with Crippen molar-refractivity contribution in [2.24, 2.45) is 5.92 Å². The first-order chi connectivity index (χ1) is 9.47. The lowest BCUT2D eigenvalue weighted by molar-refractivity contribution is -0.385. The summed E-state index contributed by atoms with van der Waals surface area (Å²) in [6.07, 6.45) is 2.70. The number of halogens is 2. The Labute approximate surface area is 120 Å². The number of amides is 1. The van der Waals surface area contributed by atoms with Crippen LogP contribution < -0.4 is 5.32 Å². The molecule has 2 unspecified atom stereocenters. The fraction of sp³-hybridized carbons (Fsp3) is 0.462. The molecule has 1 aliphatic rings. The molecule has 0 aliphatic heterocycles. The van der Waals surface area contributed by atoms with Crippen LogP contribution in [-0.4, -0.2) is 22.8 Å². The minimum atomic E-state index is -0.890. The number of nitro groups is 1. The summed E-state index contributed by atoms with van der Waals surface area (Å²) >= 11 is 5.97. The van der Waals surface area contributed by atoms with Gasteiger partial charge in [-0.1, -0.05) is 0 Å². The Bertz CT molecular complexity index is 538. The van der Waals surface area contributed by atoms with Crippen LogP contribution >= 0.6 is 11.6 Å². The molecule has 0 aromatic heterocycles. The maximum absolute atomic E-state index is 13.6. The zero-order chi connectivity index (χ0) is 14.7. The van der Waals surface area contributed by atoms with E-state index in [0.29, 0.717) is 12.5 Å². The van der Waals surface area contributed by atoms with Crippen LogP contribution in [-0.2, 0) is 0 Å². The first kappa shape index (κ1) is 14.7. The SMILES string of the molecule is O=C(NCC1CCC(Cl)C1)c1ccc([N+](=O)[O-])cc1F. The Hall–Kier alpha value is -1.69. The summed E-state index contributed by atoms with van der Waals surface area (Å²) in [6.45, 7) is 0.443. The molecule has 0 heterocycles. The molecular weight excluding hydrogens is 287 g/mol. The normalized spacial score (nSPS) is 21.7. The number of rotatable bonds is 4. The van der Waals surface area contributed by atoms with E-state index in [1.807, 2.05) is 0 Å². The quantitative estimate of drug-likeness (QED) is 0.528. The number of non-ortho nitro benzene ring substituents is 1. The summed E-state index contributed by atoms with van der Waals surface area (Å²) in [5, 5.41) is 13.3. The molecule has 108 valence electrons. The molecule has 7 heteroatoms. The van der Waals surface area contributed by atoms with Crippen molar-refractivity contribution in [1.82, 2.24) is 5.32 Å². The number of benzene rings is 1. The Balaban J connectivity index is 1.97. The van der Waals surface area contributed by atoms with Crippen LogP contribution in [0.4, 0.5) is 10.1 Å². The molecule has 20 heavy (non-hydrogen) atoms. The molecule has 1 N–H and O–H groups in total. The van der Waals surface area contributed by atoms with E-state index >= 15 is 0 Å². The topological polar surface area (TPSA) is 72.2 Å². The first-order valence-corrected chi connectivity index (χ1v) is 6.77. The summed E-state index contributed by atoms with van der Waals surface area (Å²) in [7, 11) is 0. The van der Waals surface area contributed by atoms with E-state index in [2.05, 4.69) is 5.32 Å². The monoisotopic (exact) mass is 300 g/mol. The number of nitrogens with one attached hydrogen (secondary N) is 1. The summed E-state index contributed by atoms with van der Waals surface area (Å²) in [5.74, 6) is -1.14. The highest BCUT2D eigenvalue weighted by molar-refractivity contribution is 6.20. The largest absolute Gasteiger partial charge is 0.352 e. The van der Waals surface area contributed by atoms with Crippen molar-refractivity contribution in [1.29, 1.82) is 0 Å². The van der Waals surface area contributed by atoms with Gasteiger partial charge in [0.1, 0.15) is 5.82 Å². The maximum Gasteiger partial charge on any atom is 0.272 e. The van der Waals surface area contributed by atoms with E-state index < -0.39 is 16.6 Å². The van der Waals surface area contributed by atoms with Crippen molar-refractivity contribution in [2.45, 2.75) is 24.6 Å². The molecule has 1 saturated carbocycles. The average molecular weight is 301 g/mol. The highest BCUT2D eigenvalue weighted by Crippen LogP contribution is 2.28. The third kappa shape index (κ3) is 3.45. The van der Waals surface area contributed by atoms with Gasteiger partial charge in [0.15, 0.2) is 0 Å². The number of nitro benzene ring substituents is 1. The summed E-state index contributed by atoms with van der Waals surface area (Å²) in [6, 6.07) is 2.99. The fourth-order valence-electron chi connectivity index (χ4n) is 2.33. The van der Waals surface area contributed by atoms with E-state index in [9.17, 15) is 19.3 Å². The molecule has 1 amide bonds. The number of carbonyl (C=O) groups is 1. The molecule has 2 rings (SSSR count). The van der Waals surface area contributed by atoms with Gasteiger partial charge in [0.25, 0.3) is 11.6 Å². The van der Waals surface area contributed by atoms with E-state index in [4.69, 9.17) is 11.6 Å². The van der Waals surface area contributed by atoms with Crippen LogP contribution in [0.5, 0.6) is 0 Å². The number of hydrogen-bond donors (Lipinski definition) is 1. The minimum Gasteiger partial charge on any atom is -0.352 e. The highest BCUT2D eigenvalue weighted by Gasteiger charge is 2.24. The molecule has 0 radical (unpaired) electrons. The van der Waals surface area contributed by atoms with Crippen molar-refractivity contribution < 1.29 is 14.1 Å². The Morgan fingerprint density at radius 2 is 2.25 bits per heavy atom. The molecule has 2 atom stereocenters. The summed E-state index contributed by atoms with van der Waals surface area (Å²) in [4.78, 5) is 21.6. The molecule has 0 bridgehead atoms. The van der Waals surface area contributed by atoms with Gasteiger partial charge in [-0.2, -0.15) is 0 Å². The van der Waals surface area contributed by atoms with Crippen LogP contribution in [0.1, 0.15) is 29.6 Å². The van der Waals surface area contributed by atoms with Gasteiger partial charge in [-0.15, -0.1) is 11.6 Å². The summed E-state index contributed by atoms with van der Waals surface area (Å²) in [5.41, 5.74) is -0.559. The van der Waals surface area contributed by atoms with Crippen molar-refractivity contribution in [2.75, 3.05) is 6.54 Å². The van der Waals surface area contributed by atoms with E-state index in [0.717, 1.165) is 37.5 Å². The van der Waals surface area contributed by atoms with Gasteiger partial charge in [-0.25, -0.2) is 4.39 Å². The second-order valence-corrected chi connectivity index (χ2v) is 5.52. The molecule has 5 nitrogen and oxygen atoms in total. The second kappa shape index (κ2) is 6.17. The van der Waals surface area contributed by atoms with Gasteiger partial charge >= 0.3 is 0 Å². The molecule has 1 aromatic rings. The second-order valence-electron chi connectivity index (χ2n) is 4.91. The Morgan fingerprint density at radius 1 is 1.50 bits per heavy atom. The molecule has 1 aliphatic carbocycles. The smallest absolute Gasteiger partial charge is 0.272 e. The zero-order valence-electron chi connectivity index (χ0n) is 10.6. The van der Waals surface area contributed by atoms with Gasteiger partial charge in [-0.05, 0) is 31.2 Å². The number of carbonyl (C=O) groups excluding carboxylic acids is 1. The van der Waals surface area contributed by atoms with Crippen molar-refractivity contribution >= 4 is 23.2 Å². The molecular formula is C13H14ClFN2O3. The lowest BCUT2D eigenvalue weighted by Crippen LogP contribution is -2.29. The van der Waals surface area contributed by atoms with Crippen molar-refractivity contribution in [3.8, 4) is 0 Å². The molecule has 0 saturated heterocycles. The lowest BCUT2D eigenvalue weighted by Gasteiger charge is -2.11. The van der Waals surface area contributed by atoms with Gasteiger partial charge in [-0.3, -0.25) is 14.9 Å². The maximum atomic E-state index is 13.6. The number of alkyl halides is 1. The third-order valence-electron chi connectivity index (χ3n) is 3.44. The van der Waals surface area contributed by atoms with Gasteiger partial charge in [0.2, 0.25) is 0 Å². The van der Waals surface area contributed by atoms with Gasteiger partial charge in [0.05, 0.1) is 16.6 Å². The van der Waals surface area contributed by atoms with Crippen LogP contribution in [0.15, 0.2) is 18.2 Å². The highest BCUT2D eigenvalue weighted by atomic mass is 35.5. The van der Waals surface area contributed by atoms with Crippen LogP contribution in [0.2, 0.25) is 0 Å². The molecule has 0 spiro atoms. The zero-order valence-corrected chi connectivity index (χ0v) is 11.4. The van der Waals surface area contributed by atoms with E-state index in [-0.39, 0.29) is 16.6 Å². The van der Waals surface area contributed by atoms with Crippen molar-refractivity contribution in [3.63, 3.8) is 0 Å². The minimum absolute atomic E-state index is 0.146. The predicted molar refractivity (Wildman–Crippen MR) is 72.4 cm³/mol. The summed E-state index contributed by atoms with van der Waals surface area (Å²) < 4.78 is 13.6. The number of nitrogens with zero attached hydrogens (tertiary/aromatic N) is 1. The van der Waals surface area contributed by atoms with Crippen LogP contribution in [0.25, 0.3) is 0 Å². The Morgan fingerprint density at radius 3 is 2.80 bits per heavy atom. The average Bonchev–Trinajstić information content (AvgIpc) is 2.81. The van der Waals surface area contributed by atoms with E-state index in [1.165, 1.54) is 0 Å². The van der Waals surface area contributed by atoms with Crippen molar-refractivity contribution in [3.05, 3.63) is 39.7 Å². The third-order valence-corrected chi connectivity index (χ3v) is 3.83. The lowest BCUT2D eigenvalue weighted by atomic mass is 10.1. The number of hydrogen-bond acceptors (Lipinski definition) is 3. The van der Waals surface area contributed by atoms with Gasteiger partial charge < -0.3 is 5.32 Å². The fourth-order valence-corrected chi connectivity index (χ4v) is 2.71. The van der Waals surface area contributed by atoms with E-state index in [1.54, 1.807) is 0 Å². The first-order valence-electron chi connectivity index (χ1n) is 6.33. The molecule has 1 fully saturated rings. The predicted octanol–water partition coefficient (Wildman–Crippen LogP) is 2.87. The van der Waals surface area contributed by atoms with Crippen LogP contribution in [0, 0.1) is 21.8 Å². The Kier molecular flexibility index (Phi) is 4.54. The van der Waals surface area contributed by atoms with Gasteiger partial charge in [0, 0.05) is 18.0 Å².